The number of anilines is 6. The van der Waals surface area contributed by atoms with E-state index in [2.05, 4.69) is 285 Å². The third-order valence-electron chi connectivity index (χ3n) is 17.7. The van der Waals surface area contributed by atoms with Gasteiger partial charge in [-0.25, -0.2) is 0 Å². The van der Waals surface area contributed by atoms with Gasteiger partial charge in [-0.1, -0.05) is 209 Å². The van der Waals surface area contributed by atoms with Gasteiger partial charge < -0.3 is 18.6 Å². The molecule has 79 heavy (non-hydrogen) atoms. The largest absolute Gasteiger partial charge is 0.454 e. The third kappa shape index (κ3) is 7.12. The van der Waals surface area contributed by atoms with Gasteiger partial charge in [0.15, 0.2) is 11.2 Å². The second kappa shape index (κ2) is 17.7. The number of para-hydroxylation sites is 4. The second-order valence-electron chi connectivity index (χ2n) is 24.8. The number of hydrogen-bond donors (Lipinski definition) is 0. The van der Waals surface area contributed by atoms with E-state index in [-0.39, 0.29) is 10.8 Å². The molecule has 2 aromatic heterocycles. The van der Waals surface area contributed by atoms with Crippen molar-refractivity contribution in [1.82, 2.24) is 0 Å². The highest BCUT2D eigenvalue weighted by atomic mass is 16.3. The summed E-state index contributed by atoms with van der Waals surface area (Å²) in [5, 5.41) is 11.9. The minimum atomic E-state index is -0.516. The molecule has 0 amide bonds. The highest BCUT2D eigenvalue weighted by Crippen LogP contribution is 2.69. The molecule has 0 unspecified atom stereocenters. The van der Waals surface area contributed by atoms with Crippen LogP contribution in [0.15, 0.2) is 215 Å². The van der Waals surface area contributed by atoms with Crippen molar-refractivity contribution < 1.29 is 8.83 Å². The van der Waals surface area contributed by atoms with Gasteiger partial charge in [0, 0.05) is 49.4 Å². The van der Waals surface area contributed by atoms with Crippen LogP contribution in [-0.2, 0) is 5.41 Å². The summed E-state index contributed by atoms with van der Waals surface area (Å²) in [6.07, 6.45) is 0. The predicted octanol–water partition coefficient (Wildman–Crippen LogP) is 22.5. The molecule has 0 atom stereocenters. The maximum atomic E-state index is 6.95. The summed E-state index contributed by atoms with van der Waals surface area (Å²) in [7, 11) is 0. The van der Waals surface area contributed by atoms with Crippen molar-refractivity contribution >= 4 is 110 Å². The van der Waals surface area contributed by atoms with E-state index in [4.69, 9.17) is 8.83 Å². The Morgan fingerprint density at radius 3 is 1.29 bits per heavy atom. The van der Waals surface area contributed by atoms with E-state index in [1.165, 1.54) is 65.7 Å². The van der Waals surface area contributed by atoms with Gasteiger partial charge >= 0.3 is 0 Å². The molecule has 0 spiro atoms. The molecule has 0 bridgehead atoms. The van der Waals surface area contributed by atoms with Gasteiger partial charge in [0.2, 0.25) is 0 Å². The summed E-state index contributed by atoms with van der Waals surface area (Å²) in [4.78, 5) is 4.90. The fourth-order valence-corrected chi connectivity index (χ4v) is 14.6. The number of furan rings is 2. The van der Waals surface area contributed by atoms with Crippen molar-refractivity contribution in [2.24, 2.45) is 10.8 Å². The number of nitrogens with zero attached hydrogens (tertiary/aromatic N) is 2. The van der Waals surface area contributed by atoms with E-state index in [1.807, 2.05) is 0 Å². The predicted molar refractivity (Wildman–Crippen MR) is 336 cm³/mol. The van der Waals surface area contributed by atoms with Crippen LogP contribution in [0.4, 0.5) is 34.1 Å². The van der Waals surface area contributed by atoms with Crippen molar-refractivity contribution in [3.8, 4) is 11.1 Å². The Kier molecular flexibility index (Phi) is 10.9. The molecule has 0 fully saturated rings. The average Bonchev–Trinajstić information content (AvgIpc) is 2.01. The fourth-order valence-electron chi connectivity index (χ4n) is 14.6. The van der Waals surface area contributed by atoms with E-state index >= 15 is 0 Å². The third-order valence-corrected chi connectivity index (χ3v) is 17.7. The molecule has 1 aliphatic carbocycles. The normalized spacial score (nSPS) is 13.5. The lowest BCUT2D eigenvalue weighted by Crippen LogP contribution is -2.50. The summed E-state index contributed by atoms with van der Waals surface area (Å²) >= 11 is 0. The Hall–Kier alpha value is -8.60. The van der Waals surface area contributed by atoms with Gasteiger partial charge in [-0.3, -0.25) is 0 Å². The van der Waals surface area contributed by atoms with E-state index < -0.39 is 5.41 Å². The van der Waals surface area contributed by atoms with Crippen LogP contribution in [0.5, 0.6) is 0 Å². The molecule has 14 rings (SSSR count). The monoisotopic (exact) mass is 1030 g/mol. The highest BCUT2D eigenvalue weighted by molar-refractivity contribution is 6.24. The minimum absolute atomic E-state index is 0.289. The SMILES string of the molecule is CC(C)c1ccc(N(c2ccc3c4c(c5ccccc5c3c2)-c2c(cc(N(c3ccc(C(C)C)cc3)c3cccc5c3oc3ccccc35)c3ccccc23)C4(C(C)(C)C)C(C)(C)C)c2cccc3c2oc2ccccc23)cc1. The van der Waals surface area contributed by atoms with Crippen LogP contribution in [0.3, 0.4) is 0 Å². The van der Waals surface area contributed by atoms with Crippen LogP contribution in [0, 0.1) is 10.8 Å². The van der Waals surface area contributed by atoms with Crippen LogP contribution in [-0.4, -0.2) is 0 Å². The van der Waals surface area contributed by atoms with Crippen molar-refractivity contribution in [2.45, 2.75) is 86.5 Å². The summed E-state index contributed by atoms with van der Waals surface area (Å²) < 4.78 is 13.8. The maximum Gasteiger partial charge on any atom is 0.159 e. The summed E-state index contributed by atoms with van der Waals surface area (Å²) in [5.41, 5.74) is 16.8. The number of hydrogen-bond acceptors (Lipinski definition) is 4. The van der Waals surface area contributed by atoms with Gasteiger partial charge in [0.1, 0.15) is 11.2 Å². The Morgan fingerprint density at radius 1 is 0.342 bits per heavy atom. The average molecular weight is 1030 g/mol. The molecule has 0 radical (unpaired) electrons. The van der Waals surface area contributed by atoms with Gasteiger partial charge in [0.05, 0.1) is 17.1 Å². The van der Waals surface area contributed by atoms with E-state index in [1.54, 1.807) is 0 Å². The van der Waals surface area contributed by atoms with Crippen LogP contribution in [0.2, 0.25) is 0 Å². The maximum absolute atomic E-state index is 6.95. The fraction of sp³-hybridized carbons (Fsp3) is 0.200. The molecule has 0 saturated carbocycles. The van der Waals surface area contributed by atoms with Crippen molar-refractivity contribution in [3.63, 3.8) is 0 Å². The zero-order valence-electron chi connectivity index (χ0n) is 47.0. The van der Waals surface area contributed by atoms with E-state index in [9.17, 15) is 0 Å². The molecule has 0 saturated heterocycles. The van der Waals surface area contributed by atoms with Gasteiger partial charge in [-0.15, -0.1) is 0 Å². The van der Waals surface area contributed by atoms with Crippen LogP contribution < -0.4 is 9.80 Å². The van der Waals surface area contributed by atoms with Crippen LogP contribution >= 0.6 is 0 Å². The van der Waals surface area contributed by atoms with E-state index in [0.717, 1.165) is 78.0 Å². The Balaban J connectivity index is 1.08. The molecule has 1 aliphatic rings. The zero-order chi connectivity index (χ0) is 54.3. The smallest absolute Gasteiger partial charge is 0.159 e. The molecule has 0 N–H and O–H groups in total. The standard InChI is InChI=1S/C75H66N2O2/c1-45(2)47-33-37-49(38-34-47)76(63-29-19-27-59-54-23-15-17-31-66(54)78-71(59)63)51-41-42-58-61(43-51)52-21-11-13-25-56(52)69-68-57-26-14-12-22-53(57)65(44-62(68)75(70(58)69,73(5,6)7)74(8,9)10)77(50-39-35-48(36-40-50)46(3)4)64-30-20-28-60-55-24-16-18-32-67(55)79-72(60)64/h11-46H,1-10H3. The lowest BCUT2D eigenvalue weighted by atomic mass is 9.49. The van der Waals surface area contributed by atoms with Gasteiger partial charge in [0.25, 0.3) is 0 Å². The minimum Gasteiger partial charge on any atom is -0.454 e. The highest BCUT2D eigenvalue weighted by Gasteiger charge is 2.59. The Morgan fingerprint density at radius 2 is 0.772 bits per heavy atom. The molecular formula is C75H66N2O2. The molecule has 11 aromatic carbocycles. The Bertz CT molecular complexity index is 4560. The molecule has 0 aliphatic heterocycles. The topological polar surface area (TPSA) is 32.8 Å². The summed E-state index contributed by atoms with van der Waals surface area (Å²) in [6, 6.07) is 76.7. The van der Waals surface area contributed by atoms with Gasteiger partial charge in [-0.05, 0) is 150 Å². The summed E-state index contributed by atoms with van der Waals surface area (Å²) in [6.45, 7) is 23.9. The Labute approximate surface area is 463 Å². The van der Waals surface area contributed by atoms with Crippen LogP contribution in [0.25, 0.3) is 87.3 Å². The zero-order valence-corrected chi connectivity index (χ0v) is 47.0. The van der Waals surface area contributed by atoms with Crippen molar-refractivity contribution in [2.75, 3.05) is 9.80 Å². The molecule has 2 heterocycles. The number of rotatable bonds is 8. The number of fused-ring (bicyclic) bond motifs is 16. The quantitative estimate of drug-likeness (QED) is 0.142. The summed E-state index contributed by atoms with van der Waals surface area (Å²) in [5.74, 6) is 0.801. The van der Waals surface area contributed by atoms with Gasteiger partial charge in [-0.2, -0.15) is 0 Å². The van der Waals surface area contributed by atoms with E-state index in [0.29, 0.717) is 11.8 Å². The molecule has 4 heteroatoms. The first-order valence-electron chi connectivity index (χ1n) is 28.3. The second-order valence-corrected chi connectivity index (χ2v) is 24.8. The molecular weight excluding hydrogens is 961 g/mol. The number of benzene rings is 11. The van der Waals surface area contributed by atoms with Crippen molar-refractivity contribution in [1.29, 1.82) is 0 Å². The lowest BCUT2D eigenvalue weighted by molar-refractivity contribution is 0.0965. The molecule has 4 nitrogen and oxygen atoms in total. The first-order valence-corrected chi connectivity index (χ1v) is 28.3. The first-order chi connectivity index (χ1) is 38.1. The van der Waals surface area contributed by atoms with Crippen molar-refractivity contribution in [3.05, 3.63) is 229 Å². The molecule has 13 aromatic rings. The lowest BCUT2D eigenvalue weighted by Gasteiger charge is -2.53. The molecule has 388 valence electrons. The first kappa shape index (κ1) is 48.7. The van der Waals surface area contributed by atoms with Crippen LogP contribution in [0.1, 0.15) is 103 Å².